The van der Waals surface area contributed by atoms with Crippen molar-refractivity contribution in [1.29, 1.82) is 0 Å². The molecular weight excluding hydrogens is 202 g/mol. The second-order valence-corrected chi connectivity index (χ2v) is 5.35. The van der Waals surface area contributed by atoms with Crippen molar-refractivity contribution in [2.45, 2.75) is 38.1 Å². The number of nitrogens with two attached hydrogens (primary N) is 1. The van der Waals surface area contributed by atoms with Gasteiger partial charge in [0.05, 0.1) is 0 Å². The van der Waals surface area contributed by atoms with Gasteiger partial charge in [-0.2, -0.15) is 0 Å². The Morgan fingerprint density at radius 3 is 2.21 bits per heavy atom. The molecule has 14 heavy (non-hydrogen) atoms. The van der Waals surface area contributed by atoms with Gasteiger partial charge in [0.2, 0.25) is 0 Å². The van der Waals surface area contributed by atoms with Gasteiger partial charge in [-0.25, -0.2) is 0 Å². The molecule has 4 aliphatic carbocycles. The van der Waals surface area contributed by atoms with Gasteiger partial charge in [-0.1, -0.05) is 0 Å². The highest BCUT2D eigenvalue weighted by atomic mass is 35.5. The molecule has 0 amide bonds. The quantitative estimate of drug-likeness (QED) is 0.751. The summed E-state index contributed by atoms with van der Waals surface area (Å²) in [5.74, 6) is 0.111. The van der Waals surface area contributed by atoms with Crippen LogP contribution in [0.1, 0.15) is 32.1 Å². The lowest BCUT2D eigenvalue weighted by Gasteiger charge is -2.73. The molecule has 0 aromatic carbocycles. The number of carbonyl (C=O) groups is 1. The van der Waals surface area contributed by atoms with E-state index >= 15 is 0 Å². The SMILES string of the molecule is Cl.NC(C(=O)O)C12CC(C3CC3)(C1)C2. The molecular formula is C10H16ClNO2. The third kappa shape index (κ3) is 0.999. The van der Waals surface area contributed by atoms with Crippen molar-refractivity contribution in [2.75, 3.05) is 0 Å². The Balaban J connectivity index is 0.000000750. The van der Waals surface area contributed by atoms with Crippen LogP contribution in [0, 0.1) is 16.7 Å². The van der Waals surface area contributed by atoms with Crippen molar-refractivity contribution in [3.63, 3.8) is 0 Å². The van der Waals surface area contributed by atoms with Crippen molar-refractivity contribution in [2.24, 2.45) is 22.5 Å². The van der Waals surface area contributed by atoms with Gasteiger partial charge in [0.15, 0.2) is 0 Å². The molecule has 4 fully saturated rings. The highest BCUT2D eigenvalue weighted by Crippen LogP contribution is 2.80. The first kappa shape index (κ1) is 10.2. The van der Waals surface area contributed by atoms with E-state index in [1.807, 2.05) is 0 Å². The first-order chi connectivity index (χ1) is 6.08. The first-order valence-corrected chi connectivity index (χ1v) is 5.06. The van der Waals surface area contributed by atoms with Crippen LogP contribution in [0.4, 0.5) is 0 Å². The summed E-state index contributed by atoms with van der Waals surface area (Å²) in [7, 11) is 0. The Hall–Kier alpha value is -0.280. The predicted octanol–water partition coefficient (Wildman–Crippen LogP) is 1.40. The summed E-state index contributed by atoms with van der Waals surface area (Å²) in [6.45, 7) is 0. The first-order valence-electron chi connectivity index (χ1n) is 5.06. The van der Waals surface area contributed by atoms with E-state index in [0.29, 0.717) is 5.41 Å². The van der Waals surface area contributed by atoms with E-state index in [0.717, 1.165) is 25.2 Å². The van der Waals surface area contributed by atoms with Crippen molar-refractivity contribution in [1.82, 2.24) is 0 Å². The summed E-state index contributed by atoms with van der Waals surface area (Å²) in [6.07, 6.45) is 6.03. The number of carboxylic acid groups (broad SMARTS) is 1. The molecule has 3 nitrogen and oxygen atoms in total. The maximum atomic E-state index is 10.7. The van der Waals surface area contributed by atoms with Crippen LogP contribution < -0.4 is 5.73 Å². The summed E-state index contributed by atoms with van der Waals surface area (Å²) in [5.41, 5.74) is 6.24. The lowest BCUT2D eigenvalue weighted by Crippen LogP contribution is -2.71. The van der Waals surface area contributed by atoms with Crippen molar-refractivity contribution < 1.29 is 9.90 Å². The maximum absolute atomic E-state index is 10.7. The zero-order chi connectivity index (χ0) is 9.27. The number of aliphatic carboxylic acids is 1. The third-order valence-corrected chi connectivity index (χ3v) is 4.48. The molecule has 0 aromatic rings. The van der Waals surface area contributed by atoms with Crippen molar-refractivity contribution in [3.8, 4) is 0 Å². The Morgan fingerprint density at radius 2 is 1.86 bits per heavy atom. The summed E-state index contributed by atoms with van der Waals surface area (Å²) >= 11 is 0. The molecule has 4 heteroatoms. The molecule has 2 bridgehead atoms. The van der Waals surface area contributed by atoms with Gasteiger partial charge in [-0.15, -0.1) is 12.4 Å². The van der Waals surface area contributed by atoms with E-state index < -0.39 is 12.0 Å². The van der Waals surface area contributed by atoms with Crippen LogP contribution in [0.2, 0.25) is 0 Å². The number of rotatable bonds is 3. The molecule has 1 unspecified atom stereocenters. The van der Waals surface area contributed by atoms with Crippen LogP contribution >= 0.6 is 12.4 Å². The molecule has 4 aliphatic rings. The monoisotopic (exact) mass is 217 g/mol. The van der Waals surface area contributed by atoms with Gasteiger partial charge >= 0.3 is 5.97 Å². The van der Waals surface area contributed by atoms with E-state index in [1.54, 1.807) is 0 Å². The Labute approximate surface area is 89.5 Å². The minimum Gasteiger partial charge on any atom is -0.480 e. The zero-order valence-corrected chi connectivity index (χ0v) is 8.85. The number of hydrogen-bond donors (Lipinski definition) is 2. The molecule has 0 spiro atoms. The van der Waals surface area contributed by atoms with Gasteiger partial charge in [-0.05, 0) is 48.9 Å². The predicted molar refractivity (Wildman–Crippen MR) is 54.3 cm³/mol. The van der Waals surface area contributed by atoms with Crippen LogP contribution in [0.3, 0.4) is 0 Å². The standard InChI is InChI=1S/C10H15NO2.ClH/c11-7(8(12)13)10-3-9(4-10,5-10)6-1-2-6;/h6-7H,1-5,11H2,(H,12,13);1H. The summed E-state index contributed by atoms with van der Waals surface area (Å²) in [6, 6.07) is -0.604. The molecule has 0 aromatic heterocycles. The Bertz CT molecular complexity index is 268. The summed E-state index contributed by atoms with van der Waals surface area (Å²) in [4.78, 5) is 10.7. The second kappa shape index (κ2) is 2.64. The zero-order valence-electron chi connectivity index (χ0n) is 8.03. The number of carboxylic acids is 1. The highest BCUT2D eigenvalue weighted by molar-refractivity contribution is 5.85. The van der Waals surface area contributed by atoms with E-state index in [4.69, 9.17) is 10.8 Å². The fourth-order valence-electron chi connectivity index (χ4n) is 3.67. The fourth-order valence-corrected chi connectivity index (χ4v) is 3.67. The van der Waals surface area contributed by atoms with Crippen LogP contribution in [0.5, 0.6) is 0 Å². The molecule has 80 valence electrons. The Kier molecular flexibility index (Phi) is 1.93. The Morgan fingerprint density at radius 1 is 1.36 bits per heavy atom. The van der Waals surface area contributed by atoms with Crippen LogP contribution in [-0.2, 0) is 4.79 Å². The number of halogens is 1. The molecule has 3 N–H and O–H groups in total. The van der Waals surface area contributed by atoms with E-state index in [-0.39, 0.29) is 17.8 Å². The van der Waals surface area contributed by atoms with Crippen LogP contribution in [-0.4, -0.2) is 17.1 Å². The second-order valence-electron chi connectivity index (χ2n) is 5.35. The third-order valence-electron chi connectivity index (χ3n) is 4.48. The summed E-state index contributed by atoms with van der Waals surface area (Å²) in [5, 5.41) is 8.82. The molecule has 0 radical (unpaired) electrons. The van der Waals surface area contributed by atoms with Gasteiger partial charge in [0.25, 0.3) is 0 Å². The van der Waals surface area contributed by atoms with Gasteiger partial charge in [0, 0.05) is 0 Å². The lowest BCUT2D eigenvalue weighted by molar-refractivity contribution is -0.231. The molecule has 1 atom stereocenters. The smallest absolute Gasteiger partial charge is 0.321 e. The minimum atomic E-state index is -0.816. The van der Waals surface area contributed by atoms with Gasteiger partial charge in [-0.3, -0.25) is 4.79 Å². The minimum absolute atomic E-state index is 0. The van der Waals surface area contributed by atoms with Crippen LogP contribution in [0.25, 0.3) is 0 Å². The lowest BCUT2D eigenvalue weighted by atomic mass is 9.32. The van der Waals surface area contributed by atoms with E-state index in [9.17, 15) is 4.79 Å². The fraction of sp³-hybridized carbons (Fsp3) is 0.900. The van der Waals surface area contributed by atoms with Crippen LogP contribution in [0.15, 0.2) is 0 Å². The molecule has 0 heterocycles. The van der Waals surface area contributed by atoms with Crippen molar-refractivity contribution >= 4 is 18.4 Å². The molecule has 4 saturated carbocycles. The van der Waals surface area contributed by atoms with Gasteiger partial charge in [0.1, 0.15) is 6.04 Å². The average molecular weight is 218 g/mol. The van der Waals surface area contributed by atoms with Crippen molar-refractivity contribution in [3.05, 3.63) is 0 Å². The molecule has 4 rings (SSSR count). The largest absolute Gasteiger partial charge is 0.480 e. The molecule has 0 saturated heterocycles. The topological polar surface area (TPSA) is 63.3 Å². The number of hydrogen-bond acceptors (Lipinski definition) is 2. The normalized spacial score (nSPS) is 45.5. The molecule has 0 aliphatic heterocycles. The van der Waals surface area contributed by atoms with Gasteiger partial charge < -0.3 is 10.8 Å². The van der Waals surface area contributed by atoms with E-state index in [1.165, 1.54) is 12.8 Å². The van der Waals surface area contributed by atoms with E-state index in [2.05, 4.69) is 0 Å². The average Bonchev–Trinajstić information content (AvgIpc) is 2.64. The summed E-state index contributed by atoms with van der Waals surface area (Å²) < 4.78 is 0. The highest BCUT2D eigenvalue weighted by Gasteiger charge is 2.74. The maximum Gasteiger partial charge on any atom is 0.321 e.